The van der Waals surface area contributed by atoms with E-state index in [1.807, 2.05) is 0 Å². The number of fused-ring (bicyclic) bond motifs is 1. The van der Waals surface area contributed by atoms with Gasteiger partial charge in [-0.3, -0.25) is 14.4 Å². The Hall–Kier alpha value is -6.08. The average molecular weight is 782 g/mol. The van der Waals surface area contributed by atoms with E-state index in [4.69, 9.17) is 22.1 Å². The van der Waals surface area contributed by atoms with Crippen molar-refractivity contribution in [2.24, 2.45) is 7.05 Å². The zero-order valence-electron chi connectivity index (χ0n) is 30.2. The Labute approximate surface area is 318 Å². The third-order valence-electron chi connectivity index (χ3n) is 8.38. The molecule has 1 saturated heterocycles. The largest absolute Gasteiger partial charge is 0.444 e. The second-order valence-electron chi connectivity index (χ2n) is 13.5. The second kappa shape index (κ2) is 15.7. The number of nitrogens with zero attached hydrogens (tertiary/aromatic N) is 4. The molecule has 0 unspecified atom stereocenters. The molecule has 0 saturated carbocycles. The lowest BCUT2D eigenvalue weighted by atomic mass is 9.96. The van der Waals surface area contributed by atoms with Crippen LogP contribution in [0.2, 0.25) is 5.02 Å². The minimum absolute atomic E-state index is 0.0652. The molecule has 4 aromatic rings. The number of aryl methyl sites for hydroxylation is 1. The Morgan fingerprint density at radius 1 is 1.00 bits per heavy atom. The molecule has 0 bridgehead atoms. The van der Waals surface area contributed by atoms with Gasteiger partial charge in [0, 0.05) is 56.6 Å². The van der Waals surface area contributed by atoms with Crippen LogP contribution < -0.4 is 16.4 Å². The van der Waals surface area contributed by atoms with E-state index in [9.17, 15) is 36.7 Å². The van der Waals surface area contributed by atoms with E-state index in [1.54, 1.807) is 49.8 Å². The highest BCUT2D eigenvalue weighted by Crippen LogP contribution is 2.44. The van der Waals surface area contributed by atoms with Crippen molar-refractivity contribution >= 4 is 57.8 Å². The predicted octanol–water partition coefficient (Wildman–Crippen LogP) is 6.29. The predicted molar refractivity (Wildman–Crippen MR) is 200 cm³/mol. The maximum atomic E-state index is 13.4. The first kappa shape index (κ1) is 40.1. The molecule has 55 heavy (non-hydrogen) atoms. The third kappa shape index (κ3) is 9.36. The number of carbonyl (C=O) groups excluding carboxylic acids is 4. The van der Waals surface area contributed by atoms with E-state index in [1.165, 1.54) is 46.3 Å². The Kier molecular flexibility index (Phi) is 11.5. The number of nitrogens with one attached hydrogen (secondary N) is 2. The van der Waals surface area contributed by atoms with E-state index in [2.05, 4.69) is 28.7 Å². The summed E-state index contributed by atoms with van der Waals surface area (Å²) in [6, 6.07) is 10.5. The van der Waals surface area contributed by atoms with E-state index in [0.29, 0.717) is 38.9 Å². The first-order chi connectivity index (χ1) is 25.7. The molecule has 2 aromatic heterocycles. The number of rotatable bonds is 6. The summed E-state index contributed by atoms with van der Waals surface area (Å²) in [6.45, 7) is 7.74. The lowest BCUT2D eigenvalue weighted by Gasteiger charge is -2.34. The Bertz CT molecular complexity index is 2260. The lowest BCUT2D eigenvalue weighted by molar-refractivity contribution is -0.126. The van der Waals surface area contributed by atoms with Gasteiger partial charge in [0.05, 0.1) is 32.7 Å². The maximum Gasteiger partial charge on any atom is 0.410 e. The fraction of sp³-hybridized carbons (Fsp3) is 0.289. The van der Waals surface area contributed by atoms with Crippen LogP contribution in [-0.2, 0) is 21.4 Å². The van der Waals surface area contributed by atoms with E-state index >= 15 is 0 Å². The highest BCUT2D eigenvalue weighted by molar-refractivity contribution is 6.34. The van der Waals surface area contributed by atoms with E-state index < -0.39 is 48.0 Å². The fourth-order valence-electron chi connectivity index (χ4n) is 5.88. The SMILES string of the molecule is C=C(F)C(=O)Nc1ccc(-c2c(-c3ccc(C(=O)NCC(F)(F)F)c(Cl)c3)c3c(N)ncc(C#CC(=O)N4CCN(C(=O)OC(C)(C)C)CC4)c3n2C)cc1. The molecule has 0 spiro atoms. The zero-order chi connectivity index (χ0) is 40.4. The van der Waals surface area contributed by atoms with Gasteiger partial charge < -0.3 is 35.5 Å². The molecule has 0 atom stereocenters. The average Bonchev–Trinajstić information content (AvgIpc) is 3.43. The molecular formula is C38H36ClF4N7O5. The van der Waals surface area contributed by atoms with Crippen molar-refractivity contribution in [3.8, 4) is 34.2 Å². The van der Waals surface area contributed by atoms with Crippen LogP contribution in [0.25, 0.3) is 33.3 Å². The minimum Gasteiger partial charge on any atom is -0.444 e. The Morgan fingerprint density at radius 2 is 1.62 bits per heavy atom. The second-order valence-corrected chi connectivity index (χ2v) is 13.9. The molecule has 288 valence electrons. The number of halogens is 5. The van der Waals surface area contributed by atoms with Crippen molar-refractivity contribution in [3.05, 3.63) is 77.2 Å². The molecule has 17 heteroatoms. The highest BCUT2D eigenvalue weighted by atomic mass is 35.5. The number of nitrogens with two attached hydrogens (primary N) is 1. The molecule has 12 nitrogen and oxygen atoms in total. The van der Waals surface area contributed by atoms with Gasteiger partial charge in [0.1, 0.15) is 18.0 Å². The van der Waals surface area contributed by atoms with Gasteiger partial charge in [-0.25, -0.2) is 14.2 Å². The van der Waals surface area contributed by atoms with Crippen LogP contribution in [-0.4, -0.2) is 87.7 Å². The fourth-order valence-corrected chi connectivity index (χ4v) is 6.14. The van der Waals surface area contributed by atoms with Crippen LogP contribution in [0, 0.1) is 11.8 Å². The lowest BCUT2D eigenvalue weighted by Crippen LogP contribution is -2.51. The van der Waals surface area contributed by atoms with Gasteiger partial charge in [0.2, 0.25) is 0 Å². The van der Waals surface area contributed by atoms with Crippen LogP contribution in [0.3, 0.4) is 0 Å². The number of ether oxygens (including phenoxy) is 1. The molecule has 4 N–H and O–H groups in total. The molecule has 1 aliphatic heterocycles. The summed E-state index contributed by atoms with van der Waals surface area (Å²) in [7, 11) is 1.72. The van der Waals surface area contributed by atoms with Crippen molar-refractivity contribution in [2.75, 3.05) is 43.8 Å². The van der Waals surface area contributed by atoms with Gasteiger partial charge >= 0.3 is 12.3 Å². The van der Waals surface area contributed by atoms with Crippen molar-refractivity contribution in [1.82, 2.24) is 24.7 Å². The van der Waals surface area contributed by atoms with E-state index in [0.717, 1.165) is 0 Å². The number of aromatic nitrogens is 2. The number of hydrogen-bond donors (Lipinski definition) is 3. The van der Waals surface area contributed by atoms with Crippen molar-refractivity contribution in [2.45, 2.75) is 32.5 Å². The van der Waals surface area contributed by atoms with Gasteiger partial charge in [-0.05, 0) is 56.2 Å². The standard InChI is InChI=1S/C38H36ClF4N7O5/c1-21(40)34(52)47-25-10-6-22(7-11-25)31-29(23-8-12-26(27(39)18-23)35(53)46-20-38(41,42)43)30-32(48(31)5)24(19-45-33(30)44)9-13-28(51)49-14-16-50(17-15-49)36(54)55-37(2,3)4/h6-8,10-12,18-19H,1,14-17,20H2,2-5H3,(H2,44,45)(H,46,53)(H,47,52). The number of hydrogen-bond acceptors (Lipinski definition) is 7. The Morgan fingerprint density at radius 3 is 2.20 bits per heavy atom. The molecule has 5 rings (SSSR count). The van der Waals surface area contributed by atoms with Gasteiger partial charge in [0.15, 0.2) is 5.83 Å². The summed E-state index contributed by atoms with van der Waals surface area (Å²) in [5, 5.41) is 4.43. The molecule has 0 radical (unpaired) electrons. The molecule has 3 heterocycles. The molecule has 4 amide bonds. The van der Waals surface area contributed by atoms with Crippen molar-refractivity contribution in [1.29, 1.82) is 0 Å². The number of benzene rings is 2. The van der Waals surface area contributed by atoms with Gasteiger partial charge in [-0.15, -0.1) is 0 Å². The molecule has 1 aliphatic rings. The molecule has 0 aliphatic carbocycles. The minimum atomic E-state index is -4.63. The van der Waals surface area contributed by atoms with Crippen LogP contribution in [0.15, 0.2) is 61.1 Å². The van der Waals surface area contributed by atoms with Crippen LogP contribution in [0.4, 0.5) is 33.9 Å². The first-order valence-electron chi connectivity index (χ1n) is 16.7. The molecule has 2 aromatic carbocycles. The third-order valence-corrected chi connectivity index (χ3v) is 8.69. The topological polar surface area (TPSA) is 152 Å². The van der Waals surface area contributed by atoms with Crippen LogP contribution >= 0.6 is 11.6 Å². The van der Waals surface area contributed by atoms with Gasteiger partial charge in [-0.1, -0.05) is 42.3 Å². The number of amides is 4. The van der Waals surface area contributed by atoms with E-state index in [-0.39, 0.29) is 48.3 Å². The summed E-state index contributed by atoms with van der Waals surface area (Å²) in [6.07, 6.45) is -3.69. The van der Waals surface area contributed by atoms with Gasteiger partial charge in [-0.2, -0.15) is 13.2 Å². The number of piperazine rings is 1. The normalized spacial score (nSPS) is 13.2. The first-order valence-corrected chi connectivity index (χ1v) is 17.1. The van der Waals surface area contributed by atoms with Crippen LogP contribution in [0.1, 0.15) is 36.7 Å². The monoisotopic (exact) mass is 781 g/mol. The van der Waals surface area contributed by atoms with Gasteiger partial charge in [0.25, 0.3) is 17.7 Å². The summed E-state index contributed by atoms with van der Waals surface area (Å²) < 4.78 is 58.9. The number of nitrogen functional groups attached to an aromatic ring is 1. The molecular weight excluding hydrogens is 746 g/mol. The molecule has 1 fully saturated rings. The smallest absolute Gasteiger partial charge is 0.410 e. The number of anilines is 2. The number of alkyl halides is 3. The van der Waals surface area contributed by atoms with Crippen molar-refractivity contribution < 1.29 is 41.5 Å². The Balaban J connectivity index is 1.56. The highest BCUT2D eigenvalue weighted by Gasteiger charge is 2.30. The number of carbonyl (C=O) groups is 4. The van der Waals surface area contributed by atoms with Crippen LogP contribution in [0.5, 0.6) is 0 Å². The summed E-state index contributed by atoms with van der Waals surface area (Å²) >= 11 is 6.49. The number of pyridine rings is 1. The maximum absolute atomic E-state index is 13.4. The summed E-state index contributed by atoms with van der Waals surface area (Å²) in [5.41, 5.74) is 8.61. The van der Waals surface area contributed by atoms with Crippen molar-refractivity contribution in [3.63, 3.8) is 0 Å². The summed E-state index contributed by atoms with van der Waals surface area (Å²) in [5.74, 6) is 1.94. The quantitative estimate of drug-likeness (QED) is 0.118. The zero-order valence-corrected chi connectivity index (χ0v) is 30.9. The summed E-state index contributed by atoms with van der Waals surface area (Å²) in [4.78, 5) is 57.6.